The van der Waals surface area contributed by atoms with Crippen molar-refractivity contribution in [2.45, 2.75) is 6.42 Å². The van der Waals surface area contributed by atoms with E-state index in [1.165, 1.54) is 10.8 Å². The fourth-order valence-electron chi connectivity index (χ4n) is 2.42. The molecular weight excluding hydrogens is 298 g/mol. The molecule has 122 valence electrons. The van der Waals surface area contributed by atoms with Gasteiger partial charge in [0.2, 0.25) is 0 Å². The lowest BCUT2D eigenvalue weighted by atomic mass is 10.1. The highest BCUT2D eigenvalue weighted by Gasteiger charge is 1.97. The van der Waals surface area contributed by atoms with Gasteiger partial charge in [0.25, 0.3) is 0 Å². The number of ether oxygens (including phenoxy) is 1. The molecule has 0 atom stereocenters. The monoisotopic (exact) mass is 319 g/mol. The second-order valence-electron chi connectivity index (χ2n) is 5.47. The Labute approximate surface area is 142 Å². The van der Waals surface area contributed by atoms with Crippen LogP contribution in [0.2, 0.25) is 0 Å². The smallest absolute Gasteiger partial charge is 0.193 e. The average molecular weight is 319 g/mol. The third kappa shape index (κ3) is 4.49. The van der Waals surface area contributed by atoms with Crippen LogP contribution in [-0.2, 0) is 0 Å². The van der Waals surface area contributed by atoms with E-state index in [-0.39, 0.29) is 0 Å². The second-order valence-corrected chi connectivity index (χ2v) is 5.47. The summed E-state index contributed by atoms with van der Waals surface area (Å²) >= 11 is 0. The quantitative estimate of drug-likeness (QED) is 0.409. The first kappa shape index (κ1) is 15.9. The Morgan fingerprint density at radius 3 is 2.50 bits per heavy atom. The summed E-state index contributed by atoms with van der Waals surface area (Å²) in [7, 11) is 0. The topological polar surface area (TPSA) is 59.6 Å². The van der Waals surface area contributed by atoms with Gasteiger partial charge in [0, 0.05) is 18.7 Å². The zero-order chi connectivity index (χ0) is 16.6. The molecule has 24 heavy (non-hydrogen) atoms. The van der Waals surface area contributed by atoms with Crippen LogP contribution in [0.5, 0.6) is 5.75 Å². The van der Waals surface area contributed by atoms with E-state index >= 15 is 0 Å². The van der Waals surface area contributed by atoms with E-state index in [2.05, 4.69) is 34.6 Å². The molecule has 0 heterocycles. The average Bonchev–Trinajstić information content (AvgIpc) is 2.62. The lowest BCUT2D eigenvalue weighted by Gasteiger charge is -2.07. The molecule has 0 saturated heterocycles. The minimum atomic E-state index is 0.423. The summed E-state index contributed by atoms with van der Waals surface area (Å²) in [5.74, 6) is 1.31. The van der Waals surface area contributed by atoms with Crippen molar-refractivity contribution in [3.8, 4) is 5.75 Å². The third-order valence-corrected chi connectivity index (χ3v) is 3.62. The maximum atomic E-state index is 5.86. The minimum Gasteiger partial charge on any atom is -0.494 e. The van der Waals surface area contributed by atoms with Crippen molar-refractivity contribution < 1.29 is 4.74 Å². The van der Waals surface area contributed by atoms with E-state index < -0.39 is 0 Å². The summed E-state index contributed by atoms with van der Waals surface area (Å²) in [5.41, 5.74) is 6.80. The highest BCUT2D eigenvalue weighted by molar-refractivity contribution is 5.92. The molecular formula is C20H21N3O. The Morgan fingerprint density at radius 2 is 1.67 bits per heavy atom. The Bertz CT molecular complexity index is 815. The summed E-state index contributed by atoms with van der Waals surface area (Å²) in [6.45, 7) is 1.24. The van der Waals surface area contributed by atoms with Crippen LogP contribution >= 0.6 is 0 Å². The number of aliphatic imine (C=N–C) groups is 1. The van der Waals surface area contributed by atoms with Crippen LogP contribution in [0.1, 0.15) is 6.42 Å². The lowest BCUT2D eigenvalue weighted by Crippen LogP contribution is -2.23. The van der Waals surface area contributed by atoms with Crippen LogP contribution < -0.4 is 15.8 Å². The van der Waals surface area contributed by atoms with Gasteiger partial charge in [0.1, 0.15) is 5.75 Å². The molecule has 3 rings (SSSR count). The minimum absolute atomic E-state index is 0.423. The summed E-state index contributed by atoms with van der Waals surface area (Å²) in [5, 5.41) is 5.46. The van der Waals surface area contributed by atoms with Crippen LogP contribution in [0.4, 0.5) is 5.69 Å². The number of rotatable bonds is 6. The predicted molar refractivity (Wildman–Crippen MR) is 101 cm³/mol. The molecule has 0 spiro atoms. The molecule has 3 aromatic carbocycles. The van der Waals surface area contributed by atoms with E-state index in [4.69, 9.17) is 10.5 Å². The number of para-hydroxylation sites is 1. The molecule has 0 unspecified atom stereocenters. The third-order valence-electron chi connectivity index (χ3n) is 3.62. The Hall–Kier alpha value is -3.01. The zero-order valence-corrected chi connectivity index (χ0v) is 13.5. The van der Waals surface area contributed by atoms with Gasteiger partial charge in [0.05, 0.1) is 6.61 Å². The molecule has 0 saturated carbocycles. The summed E-state index contributed by atoms with van der Waals surface area (Å²) in [4.78, 5) is 4.30. The Balaban J connectivity index is 1.43. The molecule has 0 aliphatic heterocycles. The SMILES string of the molecule is NC(=NCCCOc1ccc2ccccc2c1)Nc1ccccc1. The number of hydrogen-bond donors (Lipinski definition) is 2. The predicted octanol–water partition coefficient (Wildman–Crippen LogP) is 4.04. The van der Waals surface area contributed by atoms with Crippen molar-refractivity contribution in [3.63, 3.8) is 0 Å². The van der Waals surface area contributed by atoms with E-state index in [0.29, 0.717) is 19.1 Å². The van der Waals surface area contributed by atoms with Crippen LogP contribution in [0.3, 0.4) is 0 Å². The standard InChI is InChI=1S/C20H21N3O/c21-20(23-18-9-2-1-3-10-18)22-13-6-14-24-19-12-11-16-7-4-5-8-17(16)15-19/h1-5,7-12,15H,6,13-14H2,(H3,21,22,23). The molecule has 0 aliphatic carbocycles. The van der Waals surface area contributed by atoms with E-state index in [1.807, 2.05) is 48.5 Å². The molecule has 4 heteroatoms. The van der Waals surface area contributed by atoms with E-state index in [9.17, 15) is 0 Å². The van der Waals surface area contributed by atoms with Gasteiger partial charge in [-0.05, 0) is 35.0 Å². The van der Waals surface area contributed by atoms with Gasteiger partial charge in [-0.2, -0.15) is 0 Å². The lowest BCUT2D eigenvalue weighted by molar-refractivity contribution is 0.314. The fourth-order valence-corrected chi connectivity index (χ4v) is 2.42. The van der Waals surface area contributed by atoms with Gasteiger partial charge >= 0.3 is 0 Å². The molecule has 4 nitrogen and oxygen atoms in total. The first-order chi connectivity index (χ1) is 11.8. The number of nitrogens with two attached hydrogens (primary N) is 1. The Kier molecular flexibility index (Phi) is 5.30. The van der Waals surface area contributed by atoms with E-state index in [0.717, 1.165) is 17.9 Å². The van der Waals surface area contributed by atoms with Crippen LogP contribution in [0.15, 0.2) is 77.8 Å². The van der Waals surface area contributed by atoms with Crippen molar-refractivity contribution >= 4 is 22.4 Å². The maximum absolute atomic E-state index is 5.86. The van der Waals surface area contributed by atoms with Gasteiger partial charge in [0.15, 0.2) is 5.96 Å². The molecule has 0 bridgehead atoms. The molecule has 3 N–H and O–H groups in total. The zero-order valence-electron chi connectivity index (χ0n) is 13.5. The fraction of sp³-hybridized carbons (Fsp3) is 0.150. The van der Waals surface area contributed by atoms with Crippen molar-refractivity contribution in [2.75, 3.05) is 18.5 Å². The normalized spacial score (nSPS) is 11.4. The largest absolute Gasteiger partial charge is 0.494 e. The molecule has 0 amide bonds. The first-order valence-corrected chi connectivity index (χ1v) is 8.05. The molecule has 0 fully saturated rings. The summed E-state index contributed by atoms with van der Waals surface area (Å²) < 4.78 is 5.78. The number of nitrogens with zero attached hydrogens (tertiary/aromatic N) is 1. The van der Waals surface area contributed by atoms with E-state index in [1.54, 1.807) is 0 Å². The number of nitrogens with one attached hydrogen (secondary N) is 1. The summed E-state index contributed by atoms with van der Waals surface area (Å²) in [6.07, 6.45) is 0.810. The number of benzene rings is 3. The number of hydrogen-bond acceptors (Lipinski definition) is 2. The molecule has 3 aromatic rings. The van der Waals surface area contributed by atoms with Crippen LogP contribution in [-0.4, -0.2) is 19.1 Å². The molecule has 0 radical (unpaired) electrons. The van der Waals surface area contributed by atoms with Gasteiger partial charge < -0.3 is 15.8 Å². The van der Waals surface area contributed by atoms with Crippen molar-refractivity contribution in [3.05, 3.63) is 72.8 Å². The van der Waals surface area contributed by atoms with Gasteiger partial charge in [-0.25, -0.2) is 0 Å². The van der Waals surface area contributed by atoms with Crippen LogP contribution in [0.25, 0.3) is 10.8 Å². The van der Waals surface area contributed by atoms with Gasteiger partial charge in [-0.15, -0.1) is 0 Å². The van der Waals surface area contributed by atoms with Crippen LogP contribution in [0, 0.1) is 0 Å². The van der Waals surface area contributed by atoms with Crippen molar-refractivity contribution in [1.29, 1.82) is 0 Å². The second kappa shape index (κ2) is 8.02. The highest BCUT2D eigenvalue weighted by Crippen LogP contribution is 2.20. The van der Waals surface area contributed by atoms with Gasteiger partial charge in [-0.1, -0.05) is 48.5 Å². The highest BCUT2D eigenvalue weighted by atomic mass is 16.5. The Morgan fingerprint density at radius 1 is 0.917 bits per heavy atom. The van der Waals surface area contributed by atoms with Crippen molar-refractivity contribution in [1.82, 2.24) is 0 Å². The number of guanidine groups is 1. The van der Waals surface area contributed by atoms with Gasteiger partial charge in [-0.3, -0.25) is 4.99 Å². The summed E-state index contributed by atoms with van der Waals surface area (Å²) in [6, 6.07) is 24.1. The first-order valence-electron chi connectivity index (χ1n) is 8.05. The number of anilines is 1. The maximum Gasteiger partial charge on any atom is 0.193 e. The number of fused-ring (bicyclic) bond motifs is 1. The molecule has 0 aromatic heterocycles. The molecule has 0 aliphatic rings. The van der Waals surface area contributed by atoms with Crippen molar-refractivity contribution in [2.24, 2.45) is 10.7 Å².